The Morgan fingerprint density at radius 1 is 0.917 bits per heavy atom. The third-order valence-electron chi connectivity index (χ3n) is 13.4. The van der Waals surface area contributed by atoms with Gasteiger partial charge in [0, 0.05) is 43.2 Å². The van der Waals surface area contributed by atoms with Gasteiger partial charge in [-0.05, 0) is 90.8 Å². The topological polar surface area (TPSA) is 92.1 Å². The molecule has 0 saturated carbocycles. The van der Waals surface area contributed by atoms with Crippen LogP contribution in [0.25, 0.3) is 16.0 Å². The first-order chi connectivity index (χ1) is 28.2. The molecular weight excluding hydrogens is 787 g/mol. The van der Waals surface area contributed by atoms with Gasteiger partial charge in [-0.25, -0.2) is 16.3 Å². The van der Waals surface area contributed by atoms with E-state index in [0.717, 1.165) is 59.3 Å². The van der Waals surface area contributed by atoms with Crippen LogP contribution in [-0.2, 0) is 20.3 Å². The van der Waals surface area contributed by atoms with Gasteiger partial charge < -0.3 is 33.1 Å². The predicted octanol–water partition coefficient (Wildman–Crippen LogP) is 11.0. The van der Waals surface area contributed by atoms with Crippen molar-refractivity contribution in [2.75, 3.05) is 47.1 Å². The van der Waals surface area contributed by atoms with Crippen molar-refractivity contribution in [2.24, 2.45) is 0 Å². The fraction of sp³-hybridized carbons (Fsp3) is 0.583. The fourth-order valence-electron chi connectivity index (χ4n) is 7.87. The van der Waals surface area contributed by atoms with E-state index < -0.39 is 34.9 Å². The Morgan fingerprint density at radius 2 is 1.52 bits per heavy atom. The highest BCUT2D eigenvalue weighted by atomic mass is 28.4. The normalized spacial score (nSPS) is 17.2. The zero-order valence-electron chi connectivity index (χ0n) is 38.6. The summed E-state index contributed by atoms with van der Waals surface area (Å²) in [5.41, 5.74) is 6.22. The van der Waals surface area contributed by atoms with E-state index in [-0.39, 0.29) is 28.7 Å². The first kappa shape index (κ1) is 47.2. The summed E-state index contributed by atoms with van der Waals surface area (Å²) >= 11 is 0. The van der Waals surface area contributed by atoms with Gasteiger partial charge in [-0.15, -0.1) is 0 Å². The van der Waals surface area contributed by atoms with Crippen LogP contribution < -0.4 is 19.2 Å². The predicted molar refractivity (Wildman–Crippen MR) is 247 cm³/mol. The van der Waals surface area contributed by atoms with Crippen molar-refractivity contribution in [3.05, 3.63) is 88.3 Å². The summed E-state index contributed by atoms with van der Waals surface area (Å²) in [4.78, 5) is 20.4. The summed E-state index contributed by atoms with van der Waals surface area (Å²) < 4.78 is 37.7. The number of morpholine rings is 1. The van der Waals surface area contributed by atoms with Gasteiger partial charge in [0.1, 0.15) is 24.1 Å². The van der Waals surface area contributed by atoms with Crippen LogP contribution in [0.15, 0.2) is 54.6 Å². The second kappa shape index (κ2) is 19.5. The second-order valence-corrected chi connectivity index (χ2v) is 29.0. The lowest BCUT2D eigenvalue weighted by molar-refractivity contribution is -0.0459. The maximum atomic E-state index is 14.1. The van der Waals surface area contributed by atoms with Crippen molar-refractivity contribution in [1.29, 1.82) is 0 Å². The summed E-state index contributed by atoms with van der Waals surface area (Å²) in [5.74, 6) is 1.80. The number of carbonyl (C=O) groups is 1. The van der Waals surface area contributed by atoms with Crippen molar-refractivity contribution in [3.8, 4) is 28.4 Å². The van der Waals surface area contributed by atoms with Gasteiger partial charge in [0.05, 0.1) is 26.9 Å². The number of hydrogen-bond acceptors (Lipinski definition) is 8. The summed E-state index contributed by atoms with van der Waals surface area (Å²) in [7, 11) is -0.812. The number of fused-ring (bicyclic) bond motifs is 3. The highest BCUT2D eigenvalue weighted by Crippen LogP contribution is 2.46. The second-order valence-electron chi connectivity index (χ2n) is 19.5. The minimum Gasteiger partial charge on any atom is -0.541 e. The molecule has 0 bridgehead atoms. The van der Waals surface area contributed by atoms with Crippen molar-refractivity contribution < 1.29 is 32.6 Å². The molecule has 1 aliphatic heterocycles. The molecule has 1 heterocycles. The molecule has 1 aliphatic carbocycles. The van der Waals surface area contributed by atoms with Gasteiger partial charge in [0.15, 0.2) is 14.1 Å². The molecule has 0 radical (unpaired) electrons. The molecule has 1 N–H and O–H groups in total. The number of rotatable bonds is 17. The third-order valence-corrected chi connectivity index (χ3v) is 22.3. The first-order valence-electron chi connectivity index (χ1n) is 21.6. The number of nitrogens with one attached hydrogen (secondary N) is 1. The largest absolute Gasteiger partial charge is 0.541 e. The highest BCUT2D eigenvalue weighted by molar-refractivity contribution is 6.75. The molecule has 1 saturated heterocycles. The lowest BCUT2D eigenvalue weighted by atomic mass is 9.98. The van der Waals surface area contributed by atoms with Crippen LogP contribution in [0.3, 0.4) is 0 Å². The Bertz CT molecular complexity index is 1940. The van der Waals surface area contributed by atoms with Crippen molar-refractivity contribution in [2.45, 2.75) is 135 Å². The zero-order valence-corrected chi connectivity index (χ0v) is 40.6. The minimum absolute atomic E-state index is 0.0340. The van der Waals surface area contributed by atoms with Crippen molar-refractivity contribution >= 4 is 22.7 Å². The summed E-state index contributed by atoms with van der Waals surface area (Å²) in [6, 6.07) is 17.9. The van der Waals surface area contributed by atoms with E-state index in [2.05, 4.69) is 107 Å². The molecule has 3 aromatic carbocycles. The van der Waals surface area contributed by atoms with Crippen LogP contribution >= 0.6 is 0 Å². The van der Waals surface area contributed by atoms with E-state index in [1.54, 1.807) is 14.2 Å². The number of unbranched alkanes of at least 4 members (excludes halogenated alkanes) is 1. The van der Waals surface area contributed by atoms with E-state index in [1.165, 1.54) is 0 Å². The number of methoxy groups -OCH3 is 2. The Labute approximate surface area is 362 Å². The Kier molecular flexibility index (Phi) is 15.3. The molecular formula is C48H71N3O7Si2. The van der Waals surface area contributed by atoms with E-state index in [9.17, 15) is 4.79 Å². The first-order valence-corrected chi connectivity index (χ1v) is 27.5. The van der Waals surface area contributed by atoms with Crippen LogP contribution in [0.2, 0.25) is 36.3 Å². The maximum absolute atomic E-state index is 14.1. The number of ether oxygens (including phenoxy) is 4. The van der Waals surface area contributed by atoms with E-state index in [0.29, 0.717) is 43.4 Å². The number of carbonyl (C=O) groups excluding carboxylic acids is 1. The van der Waals surface area contributed by atoms with Crippen molar-refractivity contribution in [3.63, 3.8) is 0 Å². The molecule has 0 spiro atoms. The average Bonchev–Trinajstić information content (AvgIpc) is 3.50. The molecule has 1 fully saturated rings. The molecule has 1 unspecified atom stereocenters. The number of alkyl carbamates (subject to hydrolysis) is 1. The van der Waals surface area contributed by atoms with Crippen LogP contribution in [-0.4, -0.2) is 93.1 Å². The molecule has 328 valence electrons. The summed E-state index contributed by atoms with van der Waals surface area (Å²) in [6.45, 7) is 35.5. The molecule has 10 nitrogen and oxygen atoms in total. The van der Waals surface area contributed by atoms with Crippen LogP contribution in [0.1, 0.15) is 89.0 Å². The van der Waals surface area contributed by atoms with Crippen molar-refractivity contribution in [1.82, 2.24) is 10.2 Å². The van der Waals surface area contributed by atoms with Gasteiger partial charge in [-0.3, -0.25) is 4.85 Å². The lowest BCUT2D eigenvalue weighted by Crippen LogP contribution is -2.56. The van der Waals surface area contributed by atoms with Crippen LogP contribution in [0.5, 0.6) is 17.2 Å². The zero-order chi connectivity index (χ0) is 44.0. The Morgan fingerprint density at radius 3 is 2.08 bits per heavy atom. The SMILES string of the molecule is [C-]#[N+][C@H](C(Cc1cc(O[Si](C)(C)C(C)(C)C)c(OC)c(C)c1OC)NC(=O)OCC1c2ccccc2-c2ccccc21)N1CCO[C@@H](CCCCO[Si](C)(C)C(C)(C)C)C1. The molecule has 0 aromatic heterocycles. The van der Waals surface area contributed by atoms with Gasteiger partial charge in [0.25, 0.3) is 14.5 Å². The molecule has 1 amide bonds. The smallest absolute Gasteiger partial charge is 0.407 e. The van der Waals surface area contributed by atoms with Gasteiger partial charge >= 0.3 is 6.09 Å². The van der Waals surface area contributed by atoms with Gasteiger partial charge in [-0.1, -0.05) is 90.1 Å². The highest BCUT2D eigenvalue weighted by Gasteiger charge is 2.42. The number of nitrogens with zero attached hydrogens (tertiary/aromatic N) is 2. The molecule has 2 aliphatic rings. The van der Waals surface area contributed by atoms with Crippen LogP contribution in [0, 0.1) is 13.5 Å². The molecule has 60 heavy (non-hydrogen) atoms. The molecule has 3 aromatic rings. The monoisotopic (exact) mass is 857 g/mol. The summed E-state index contributed by atoms with van der Waals surface area (Å²) in [6.07, 6.45) is 1.79. The summed E-state index contributed by atoms with van der Waals surface area (Å²) in [5, 5.41) is 3.31. The lowest BCUT2D eigenvalue weighted by Gasteiger charge is -2.37. The van der Waals surface area contributed by atoms with E-state index in [4.69, 9.17) is 34.4 Å². The quantitative estimate of drug-likeness (QED) is 0.0815. The standard InChI is InChI=1S/C48H71N3O7Si2/c1-33-43(53-9)34(30-42(44(33)54-10)58-60(13,14)48(5,6)7)29-41(50-46(52)56-32-40-38-24-17-15-22-36(38)37-23-16-18-25-39(37)40)45(49-8)51-26-28-55-35(31-51)21-19-20-27-57-59(11,12)47(2,3)4/h15-18,22-25,30,35,40-41,45H,19-21,26-29,31-32H2,1-7,9-14H3,(H,50,52)/t35-,41?,45-/m0/s1. The van der Waals surface area contributed by atoms with E-state index in [1.807, 2.05) is 37.3 Å². The number of hydrogen-bond donors (Lipinski definition) is 1. The fourth-order valence-corrected chi connectivity index (χ4v) is 9.97. The van der Waals surface area contributed by atoms with Gasteiger partial charge in [0.2, 0.25) is 0 Å². The van der Waals surface area contributed by atoms with Crippen LogP contribution in [0.4, 0.5) is 4.79 Å². The Hall–Kier alpha value is -3.87. The molecule has 5 rings (SSSR count). The maximum Gasteiger partial charge on any atom is 0.407 e. The third kappa shape index (κ3) is 10.8. The Balaban J connectivity index is 1.40. The average molecular weight is 858 g/mol. The minimum atomic E-state index is -2.29. The number of benzene rings is 3. The van der Waals surface area contributed by atoms with E-state index >= 15 is 0 Å². The molecule has 12 heteroatoms. The molecule has 3 atom stereocenters. The van der Waals surface area contributed by atoms with Gasteiger partial charge in [-0.2, -0.15) is 0 Å². The number of amides is 1.